The average molecular weight is 691 g/mol. The summed E-state index contributed by atoms with van der Waals surface area (Å²) >= 11 is 0. The minimum Gasteiger partial charge on any atom is -0.491 e. The summed E-state index contributed by atoms with van der Waals surface area (Å²) in [4.78, 5) is 33.9. The molecule has 51 heavy (non-hydrogen) atoms. The van der Waals surface area contributed by atoms with Crippen LogP contribution in [0, 0.1) is 0 Å². The Bertz CT molecular complexity index is 1610. The lowest BCUT2D eigenvalue weighted by atomic mass is 10.1. The highest BCUT2D eigenvalue weighted by Gasteiger charge is 2.23. The third-order valence-corrected chi connectivity index (χ3v) is 8.12. The first-order chi connectivity index (χ1) is 25.1. The van der Waals surface area contributed by atoms with Crippen molar-refractivity contribution in [1.82, 2.24) is 0 Å². The molecule has 4 aromatic carbocycles. The molecule has 6 rings (SSSR count). The standard InChI is InChI=1S/C41H42N2O8/c44-40(32-10-6-30(7-11-32)24-42-34-14-18-36(19-15-34)48-26-38-28-50-38)46-22-4-2-1-3-5-23-47-41(45)33-12-8-31(9-13-33)25-43-35-16-20-37(21-17-35)49-27-39-29-51-39/h6-21,24-25,38-39H,1-5,22-23,26-29H2. The fourth-order valence-corrected chi connectivity index (χ4v) is 4.90. The van der Waals surface area contributed by atoms with Crippen LogP contribution in [0.3, 0.4) is 0 Å². The Balaban J connectivity index is 0.789. The molecule has 0 aliphatic carbocycles. The van der Waals surface area contributed by atoms with Crippen LogP contribution in [-0.2, 0) is 18.9 Å². The van der Waals surface area contributed by atoms with Gasteiger partial charge in [-0.05, 0) is 96.8 Å². The maximum Gasteiger partial charge on any atom is 0.338 e. The van der Waals surface area contributed by atoms with E-state index in [1.54, 1.807) is 36.7 Å². The van der Waals surface area contributed by atoms with Crippen LogP contribution < -0.4 is 9.47 Å². The lowest BCUT2D eigenvalue weighted by Crippen LogP contribution is -2.07. The van der Waals surface area contributed by atoms with Crippen molar-refractivity contribution in [3.05, 3.63) is 119 Å². The van der Waals surface area contributed by atoms with Gasteiger partial charge < -0.3 is 28.4 Å². The molecule has 0 bridgehead atoms. The van der Waals surface area contributed by atoms with E-state index < -0.39 is 0 Å². The number of unbranched alkanes of at least 4 members (excludes halogenated alkanes) is 4. The summed E-state index contributed by atoms with van der Waals surface area (Å²) in [5.41, 5.74) is 4.39. The SMILES string of the molecule is O=C(OCCCCCCCOC(=O)c1ccc(C=Nc2ccc(OCC3CO3)cc2)cc1)c1ccc(C=Nc2ccc(OCC3CO3)cc2)cc1. The van der Waals surface area contributed by atoms with Crippen LogP contribution in [0.4, 0.5) is 11.4 Å². The average Bonchev–Trinajstić information content (AvgIpc) is 4.12. The fourth-order valence-electron chi connectivity index (χ4n) is 4.90. The van der Waals surface area contributed by atoms with Gasteiger partial charge in [-0.2, -0.15) is 0 Å². The largest absolute Gasteiger partial charge is 0.491 e. The lowest BCUT2D eigenvalue weighted by Gasteiger charge is -2.06. The van der Waals surface area contributed by atoms with Crippen LogP contribution in [0.15, 0.2) is 107 Å². The molecule has 2 heterocycles. The summed E-state index contributed by atoms with van der Waals surface area (Å²) in [6, 6.07) is 29.5. The number of benzene rings is 4. The van der Waals surface area contributed by atoms with Crippen molar-refractivity contribution in [3.63, 3.8) is 0 Å². The molecule has 2 fully saturated rings. The van der Waals surface area contributed by atoms with E-state index in [-0.39, 0.29) is 24.1 Å². The predicted octanol–water partition coefficient (Wildman–Crippen LogP) is 7.71. The van der Waals surface area contributed by atoms with E-state index in [1.165, 1.54) is 0 Å². The van der Waals surface area contributed by atoms with Gasteiger partial charge in [-0.15, -0.1) is 0 Å². The number of nitrogens with zero attached hydrogens (tertiary/aromatic N) is 2. The Kier molecular flexibility index (Phi) is 13.0. The molecule has 0 radical (unpaired) electrons. The first-order valence-electron chi connectivity index (χ1n) is 17.4. The van der Waals surface area contributed by atoms with Crippen LogP contribution in [0.1, 0.15) is 63.9 Å². The molecule has 4 aromatic rings. The number of carbonyl (C=O) groups is 2. The van der Waals surface area contributed by atoms with Crippen LogP contribution in [-0.4, -0.2) is 76.2 Å². The van der Waals surface area contributed by atoms with Gasteiger partial charge in [0.2, 0.25) is 0 Å². The van der Waals surface area contributed by atoms with Gasteiger partial charge in [0.25, 0.3) is 0 Å². The first kappa shape index (κ1) is 35.5. The second-order valence-electron chi connectivity index (χ2n) is 12.3. The summed E-state index contributed by atoms with van der Waals surface area (Å²) in [5, 5.41) is 0. The van der Waals surface area contributed by atoms with Gasteiger partial charge in [0.05, 0.1) is 48.9 Å². The van der Waals surface area contributed by atoms with E-state index in [0.29, 0.717) is 37.6 Å². The van der Waals surface area contributed by atoms with Gasteiger partial charge in [-0.1, -0.05) is 43.5 Å². The molecule has 10 nitrogen and oxygen atoms in total. The summed E-state index contributed by atoms with van der Waals surface area (Å²) < 4.78 is 32.5. The molecule has 2 aliphatic rings. The third kappa shape index (κ3) is 12.5. The Morgan fingerprint density at radius 2 is 0.922 bits per heavy atom. The quantitative estimate of drug-likeness (QED) is 0.0400. The van der Waals surface area contributed by atoms with Crippen molar-refractivity contribution in [2.45, 2.75) is 44.3 Å². The van der Waals surface area contributed by atoms with E-state index in [2.05, 4.69) is 9.98 Å². The number of esters is 2. The van der Waals surface area contributed by atoms with Gasteiger partial charge in [-0.3, -0.25) is 9.98 Å². The number of hydrogen-bond donors (Lipinski definition) is 0. The molecular formula is C41H42N2O8. The maximum absolute atomic E-state index is 12.4. The molecule has 0 N–H and O–H groups in total. The van der Waals surface area contributed by atoms with E-state index in [0.717, 1.165) is 79.3 Å². The maximum atomic E-state index is 12.4. The number of hydrogen-bond acceptors (Lipinski definition) is 10. The molecule has 2 saturated heterocycles. The molecule has 0 aromatic heterocycles. The number of epoxide rings is 2. The Hall–Kier alpha value is -5.32. The number of aliphatic imine (C=N–C) groups is 2. The van der Waals surface area contributed by atoms with E-state index in [9.17, 15) is 9.59 Å². The van der Waals surface area contributed by atoms with Crippen molar-refractivity contribution < 1.29 is 38.0 Å². The van der Waals surface area contributed by atoms with Gasteiger partial charge in [0.15, 0.2) is 0 Å². The lowest BCUT2D eigenvalue weighted by molar-refractivity contribution is 0.0496. The monoisotopic (exact) mass is 690 g/mol. The molecule has 264 valence electrons. The van der Waals surface area contributed by atoms with Crippen molar-refractivity contribution in [2.75, 3.05) is 39.6 Å². The predicted molar refractivity (Wildman–Crippen MR) is 194 cm³/mol. The highest BCUT2D eigenvalue weighted by Crippen LogP contribution is 2.21. The molecule has 2 aliphatic heterocycles. The molecular weight excluding hydrogens is 648 g/mol. The second-order valence-corrected chi connectivity index (χ2v) is 12.3. The molecule has 0 amide bonds. The number of ether oxygens (including phenoxy) is 6. The zero-order valence-electron chi connectivity index (χ0n) is 28.5. The van der Waals surface area contributed by atoms with Crippen molar-refractivity contribution in [2.24, 2.45) is 9.98 Å². The fraction of sp³-hybridized carbons (Fsp3) is 0.317. The Labute approximate surface area is 298 Å². The molecule has 0 saturated carbocycles. The summed E-state index contributed by atoms with van der Waals surface area (Å²) in [6.45, 7) is 3.40. The molecule has 2 unspecified atom stereocenters. The first-order valence-corrected chi connectivity index (χ1v) is 17.4. The minimum atomic E-state index is -0.339. The van der Waals surface area contributed by atoms with Gasteiger partial charge >= 0.3 is 11.9 Å². The van der Waals surface area contributed by atoms with Crippen molar-refractivity contribution >= 4 is 35.7 Å². The van der Waals surface area contributed by atoms with Crippen LogP contribution in [0.25, 0.3) is 0 Å². The van der Waals surface area contributed by atoms with E-state index >= 15 is 0 Å². The minimum absolute atomic E-state index is 0.222. The summed E-state index contributed by atoms with van der Waals surface area (Å²) in [5.74, 6) is 0.901. The molecule has 0 spiro atoms. The van der Waals surface area contributed by atoms with E-state index in [1.807, 2.05) is 72.8 Å². The summed E-state index contributed by atoms with van der Waals surface area (Å²) in [7, 11) is 0. The number of carbonyl (C=O) groups excluding carboxylic acids is 2. The van der Waals surface area contributed by atoms with Gasteiger partial charge in [0.1, 0.15) is 36.9 Å². The van der Waals surface area contributed by atoms with Gasteiger partial charge in [-0.25, -0.2) is 9.59 Å². The highest BCUT2D eigenvalue weighted by atomic mass is 16.6. The Morgan fingerprint density at radius 3 is 1.29 bits per heavy atom. The highest BCUT2D eigenvalue weighted by molar-refractivity contribution is 5.91. The van der Waals surface area contributed by atoms with E-state index in [4.69, 9.17) is 28.4 Å². The smallest absolute Gasteiger partial charge is 0.338 e. The van der Waals surface area contributed by atoms with Crippen molar-refractivity contribution in [1.29, 1.82) is 0 Å². The van der Waals surface area contributed by atoms with Crippen molar-refractivity contribution in [3.8, 4) is 11.5 Å². The normalized spacial score (nSPS) is 16.2. The third-order valence-electron chi connectivity index (χ3n) is 8.12. The zero-order valence-corrected chi connectivity index (χ0v) is 28.5. The molecule has 2 atom stereocenters. The number of rotatable bonds is 20. The van der Waals surface area contributed by atoms with Crippen LogP contribution in [0.5, 0.6) is 11.5 Å². The van der Waals surface area contributed by atoms with Crippen LogP contribution >= 0.6 is 0 Å². The summed E-state index contributed by atoms with van der Waals surface area (Å²) in [6.07, 6.45) is 8.33. The Morgan fingerprint density at radius 1 is 0.549 bits per heavy atom. The zero-order chi connectivity index (χ0) is 35.1. The van der Waals surface area contributed by atoms with Crippen LogP contribution in [0.2, 0.25) is 0 Å². The molecule has 10 heteroatoms. The second kappa shape index (κ2) is 18.6. The van der Waals surface area contributed by atoms with Gasteiger partial charge in [0, 0.05) is 12.4 Å². The topological polar surface area (TPSA) is 121 Å².